The van der Waals surface area contributed by atoms with Crippen molar-refractivity contribution in [1.29, 1.82) is 0 Å². The molecule has 0 aliphatic rings. The van der Waals surface area contributed by atoms with Gasteiger partial charge < -0.3 is 4.74 Å². The third-order valence-electron chi connectivity index (χ3n) is 3.88. The molecular weight excluding hydrogens is 434 g/mol. The van der Waals surface area contributed by atoms with E-state index in [0.717, 1.165) is 5.56 Å². The summed E-state index contributed by atoms with van der Waals surface area (Å²) in [6.07, 6.45) is 0.513. The van der Waals surface area contributed by atoms with Crippen LogP contribution < -0.4 is 4.74 Å². The minimum absolute atomic E-state index is 0.0161. The van der Waals surface area contributed by atoms with E-state index in [1.54, 1.807) is 13.8 Å². The first kappa shape index (κ1) is 21.0. The summed E-state index contributed by atoms with van der Waals surface area (Å²) in [7, 11) is -4.07. The number of alkyl halides is 1. The van der Waals surface area contributed by atoms with Crippen LogP contribution in [0.1, 0.15) is 30.7 Å². The largest absolute Gasteiger partial charge is 0.426 e. The van der Waals surface area contributed by atoms with Crippen LogP contribution in [0.4, 0.5) is 0 Å². The third-order valence-corrected chi connectivity index (χ3v) is 5.89. The molecule has 142 valence electrons. The minimum atomic E-state index is -4.07. The van der Waals surface area contributed by atoms with Gasteiger partial charge in [0, 0.05) is 14.3 Å². The second kappa shape index (κ2) is 8.56. The van der Waals surface area contributed by atoms with Gasteiger partial charge in [-0.1, -0.05) is 46.3 Å². The van der Waals surface area contributed by atoms with Crippen molar-refractivity contribution < 1.29 is 17.9 Å². The Morgan fingerprint density at radius 3 is 2.33 bits per heavy atom. The van der Waals surface area contributed by atoms with Crippen molar-refractivity contribution in [3.05, 3.63) is 70.6 Å². The first-order valence-electron chi connectivity index (χ1n) is 7.98. The quantitative estimate of drug-likeness (QED) is 0.145. The van der Waals surface area contributed by atoms with E-state index in [0.29, 0.717) is 6.42 Å². The molecule has 0 spiro atoms. The molecule has 0 aromatic heterocycles. The highest BCUT2D eigenvalue weighted by Crippen LogP contribution is 2.37. The second-order valence-corrected chi connectivity index (χ2v) is 9.16. The Morgan fingerprint density at radius 2 is 1.78 bits per heavy atom. The molecule has 2 aromatic carbocycles. The van der Waals surface area contributed by atoms with Gasteiger partial charge >= 0.3 is 5.97 Å². The third kappa shape index (κ3) is 5.56. The zero-order valence-corrected chi connectivity index (χ0v) is 17.1. The summed E-state index contributed by atoms with van der Waals surface area (Å²) in [6, 6.07) is 14.9. The van der Waals surface area contributed by atoms with Gasteiger partial charge in [0.05, 0.1) is 10.3 Å². The summed E-state index contributed by atoms with van der Waals surface area (Å²) < 4.78 is 31.4. The number of rotatable bonds is 7. The highest BCUT2D eigenvalue weighted by molar-refractivity contribution is 9.09. The van der Waals surface area contributed by atoms with E-state index >= 15 is 0 Å². The predicted molar refractivity (Wildman–Crippen MR) is 105 cm³/mol. The number of esters is 1. The molecule has 9 heteroatoms. The molecule has 1 atom stereocenters. The molecule has 0 fully saturated rings. The van der Waals surface area contributed by atoms with Crippen LogP contribution in [0, 0.1) is 5.41 Å². The van der Waals surface area contributed by atoms with E-state index < -0.39 is 21.4 Å². The predicted octanol–water partition coefficient (Wildman–Crippen LogP) is 5.14. The van der Waals surface area contributed by atoms with Crippen molar-refractivity contribution in [3.8, 4) is 5.75 Å². The standard InChI is InChI=1S/C18H18BrN3O4S/c1-18(2,12-16(19)13-6-4-3-5-7-13)17(23)26-14-8-10-15(11-9-14)27(24,25)22-21-20/h3-11,16H,12H2,1-2H3. The Labute approximate surface area is 166 Å². The fraction of sp³-hybridized carbons (Fsp3) is 0.278. The van der Waals surface area contributed by atoms with Crippen LogP contribution in [-0.2, 0) is 14.8 Å². The van der Waals surface area contributed by atoms with Crippen LogP contribution in [-0.4, -0.2) is 14.4 Å². The molecule has 0 aliphatic heterocycles. The second-order valence-electron chi connectivity index (χ2n) is 6.47. The zero-order valence-electron chi connectivity index (χ0n) is 14.7. The van der Waals surface area contributed by atoms with Gasteiger partial charge in [0.2, 0.25) is 0 Å². The summed E-state index contributed by atoms with van der Waals surface area (Å²) in [5.41, 5.74) is 8.57. The fourth-order valence-corrected chi connectivity index (χ4v) is 4.12. The van der Waals surface area contributed by atoms with Crippen LogP contribution in [0.15, 0.2) is 64.0 Å². The molecule has 0 saturated carbocycles. The molecule has 27 heavy (non-hydrogen) atoms. The van der Waals surface area contributed by atoms with Crippen LogP contribution in [0.5, 0.6) is 5.75 Å². The smallest absolute Gasteiger partial charge is 0.316 e. The van der Waals surface area contributed by atoms with E-state index in [2.05, 4.69) is 25.4 Å². The maximum Gasteiger partial charge on any atom is 0.316 e. The lowest BCUT2D eigenvalue weighted by atomic mass is 9.86. The first-order valence-corrected chi connectivity index (χ1v) is 10.3. The number of carbonyl (C=O) groups is 1. The number of sulfonamides is 1. The highest BCUT2D eigenvalue weighted by atomic mass is 79.9. The number of ether oxygens (including phenoxy) is 1. The van der Waals surface area contributed by atoms with Crippen molar-refractivity contribution in [2.24, 2.45) is 9.93 Å². The van der Waals surface area contributed by atoms with E-state index in [-0.39, 0.29) is 15.5 Å². The van der Waals surface area contributed by atoms with Gasteiger partial charge in [-0.2, -0.15) is 0 Å². The van der Waals surface area contributed by atoms with Crippen LogP contribution in [0.3, 0.4) is 0 Å². The van der Waals surface area contributed by atoms with Gasteiger partial charge in [-0.05, 0) is 55.6 Å². The summed E-state index contributed by atoms with van der Waals surface area (Å²) >= 11 is 3.61. The van der Waals surface area contributed by atoms with Gasteiger partial charge in [-0.3, -0.25) is 4.79 Å². The van der Waals surface area contributed by atoms with E-state index in [1.807, 2.05) is 30.3 Å². The molecular formula is C18H18BrN3O4S. The summed E-state index contributed by atoms with van der Waals surface area (Å²) in [4.78, 5) is 14.7. The van der Waals surface area contributed by atoms with Crippen LogP contribution >= 0.6 is 15.9 Å². The van der Waals surface area contributed by atoms with Gasteiger partial charge in [0.15, 0.2) is 0 Å². The number of carbonyl (C=O) groups excluding carboxylic acids is 1. The normalized spacial score (nSPS) is 12.7. The molecule has 0 amide bonds. The van der Waals surface area contributed by atoms with Crippen molar-refractivity contribution in [3.63, 3.8) is 0 Å². The molecule has 2 aromatic rings. The minimum Gasteiger partial charge on any atom is -0.426 e. The number of benzene rings is 2. The van der Waals surface area contributed by atoms with Crippen molar-refractivity contribution in [1.82, 2.24) is 0 Å². The van der Waals surface area contributed by atoms with E-state index in [4.69, 9.17) is 10.3 Å². The molecule has 2 rings (SSSR count). The molecule has 0 aliphatic carbocycles. The lowest BCUT2D eigenvalue weighted by Crippen LogP contribution is -2.30. The lowest BCUT2D eigenvalue weighted by Gasteiger charge is -2.25. The molecule has 0 saturated heterocycles. The first-order chi connectivity index (χ1) is 12.7. The van der Waals surface area contributed by atoms with E-state index in [1.165, 1.54) is 24.3 Å². The Kier molecular flexibility index (Phi) is 6.64. The SMILES string of the molecule is CC(C)(CC(Br)c1ccccc1)C(=O)Oc1ccc(S(=O)(=O)N=[N+]=[N-])cc1. The van der Waals surface area contributed by atoms with Gasteiger partial charge in [0.25, 0.3) is 10.0 Å². The Morgan fingerprint density at radius 1 is 1.19 bits per heavy atom. The van der Waals surface area contributed by atoms with Crippen molar-refractivity contribution in [2.75, 3.05) is 0 Å². The van der Waals surface area contributed by atoms with Gasteiger partial charge in [0.1, 0.15) is 5.75 Å². The van der Waals surface area contributed by atoms with Gasteiger partial charge in [-0.15, -0.1) is 0 Å². The highest BCUT2D eigenvalue weighted by Gasteiger charge is 2.32. The topological polar surface area (TPSA) is 109 Å². The molecule has 0 N–H and O–H groups in total. The molecule has 1 unspecified atom stereocenters. The maximum absolute atomic E-state index is 12.6. The Hall–Kier alpha value is -2.35. The van der Waals surface area contributed by atoms with Crippen molar-refractivity contribution >= 4 is 31.9 Å². The average molecular weight is 452 g/mol. The molecule has 0 radical (unpaired) electrons. The number of nitrogens with zero attached hydrogens (tertiary/aromatic N) is 3. The fourth-order valence-electron chi connectivity index (χ4n) is 2.33. The summed E-state index contributed by atoms with van der Waals surface area (Å²) in [5, 5.41) is 0. The maximum atomic E-state index is 12.6. The average Bonchev–Trinajstić information content (AvgIpc) is 2.62. The number of halogens is 1. The van der Waals surface area contributed by atoms with Crippen LogP contribution in [0.25, 0.3) is 10.4 Å². The number of hydrogen-bond donors (Lipinski definition) is 0. The van der Waals surface area contributed by atoms with E-state index in [9.17, 15) is 13.2 Å². The number of hydrogen-bond acceptors (Lipinski definition) is 4. The lowest BCUT2D eigenvalue weighted by molar-refractivity contribution is -0.144. The zero-order chi connectivity index (χ0) is 20.1. The molecule has 0 heterocycles. The molecule has 7 nitrogen and oxygen atoms in total. The summed E-state index contributed by atoms with van der Waals surface area (Å²) in [5.74, 6) is -0.229. The Bertz CT molecular complexity index is 954. The Balaban J connectivity index is 2.08. The molecule has 0 bridgehead atoms. The monoisotopic (exact) mass is 451 g/mol. The summed E-state index contributed by atoms with van der Waals surface area (Å²) in [6.45, 7) is 3.57. The van der Waals surface area contributed by atoms with Crippen LogP contribution in [0.2, 0.25) is 0 Å². The van der Waals surface area contributed by atoms with Gasteiger partial charge in [-0.25, -0.2) is 8.42 Å². The van der Waals surface area contributed by atoms with Crippen molar-refractivity contribution in [2.45, 2.75) is 30.0 Å². The number of azide groups is 1.